The molecule has 7 nitrogen and oxygen atoms in total. The van der Waals surface area contributed by atoms with Crippen LogP contribution < -0.4 is 10.0 Å². The number of furan rings is 1. The van der Waals surface area contributed by atoms with E-state index in [-0.39, 0.29) is 17.0 Å². The van der Waals surface area contributed by atoms with Crippen molar-refractivity contribution in [3.8, 4) is 0 Å². The third-order valence-corrected chi connectivity index (χ3v) is 4.14. The first-order valence-electron chi connectivity index (χ1n) is 5.96. The van der Waals surface area contributed by atoms with Crippen LogP contribution in [0.15, 0.2) is 21.6 Å². The number of hydrogen-bond acceptors (Lipinski definition) is 5. The number of ether oxygens (including phenoxy) is 1. The molecule has 1 fully saturated rings. The Kier molecular flexibility index (Phi) is 4.23. The van der Waals surface area contributed by atoms with Crippen LogP contribution in [0.4, 0.5) is 0 Å². The van der Waals surface area contributed by atoms with E-state index in [4.69, 9.17) is 9.15 Å². The number of rotatable bonds is 5. The van der Waals surface area contributed by atoms with E-state index in [0.717, 1.165) is 12.8 Å². The normalized spacial score (nSPS) is 19.5. The molecule has 1 amide bonds. The van der Waals surface area contributed by atoms with Gasteiger partial charge < -0.3 is 14.5 Å². The summed E-state index contributed by atoms with van der Waals surface area (Å²) in [5.41, 5.74) is 0. The third kappa shape index (κ3) is 3.34. The molecule has 1 aromatic heterocycles. The number of amides is 1. The minimum atomic E-state index is -3.66. The Bertz CT molecular complexity index is 545. The van der Waals surface area contributed by atoms with Crippen molar-refractivity contribution in [2.75, 3.05) is 20.2 Å². The molecular weight excluding hydrogens is 272 g/mol. The first kappa shape index (κ1) is 14.0. The molecule has 1 saturated heterocycles. The molecule has 0 bridgehead atoms. The number of hydrogen-bond donors (Lipinski definition) is 2. The lowest BCUT2D eigenvalue weighted by molar-refractivity contribution is 0.0831. The molecule has 0 saturated carbocycles. The van der Waals surface area contributed by atoms with Crippen LogP contribution in [0.5, 0.6) is 0 Å². The second-order valence-electron chi connectivity index (χ2n) is 4.17. The van der Waals surface area contributed by atoms with Gasteiger partial charge >= 0.3 is 0 Å². The SMILES string of the molecule is CNS(=O)(=O)c1ccc(C(=O)NC[C@H]2CCCO2)o1. The van der Waals surface area contributed by atoms with Gasteiger partial charge in [-0.25, -0.2) is 13.1 Å². The summed E-state index contributed by atoms with van der Waals surface area (Å²) in [5.74, 6) is -0.486. The van der Waals surface area contributed by atoms with Crippen LogP contribution in [0.3, 0.4) is 0 Å². The van der Waals surface area contributed by atoms with Gasteiger partial charge in [-0.2, -0.15) is 0 Å². The lowest BCUT2D eigenvalue weighted by atomic mass is 10.2. The van der Waals surface area contributed by atoms with Gasteiger partial charge in [-0.15, -0.1) is 0 Å². The van der Waals surface area contributed by atoms with Crippen molar-refractivity contribution in [2.45, 2.75) is 24.0 Å². The molecule has 106 valence electrons. The fourth-order valence-corrected chi connectivity index (χ4v) is 2.43. The number of nitrogens with one attached hydrogen (secondary N) is 2. The number of sulfonamides is 1. The van der Waals surface area contributed by atoms with E-state index < -0.39 is 15.9 Å². The largest absolute Gasteiger partial charge is 0.438 e. The summed E-state index contributed by atoms with van der Waals surface area (Å²) in [4.78, 5) is 11.8. The van der Waals surface area contributed by atoms with Crippen molar-refractivity contribution in [1.29, 1.82) is 0 Å². The molecule has 2 N–H and O–H groups in total. The summed E-state index contributed by atoms with van der Waals surface area (Å²) in [6.45, 7) is 1.11. The summed E-state index contributed by atoms with van der Waals surface area (Å²) in [6, 6.07) is 2.57. The Morgan fingerprint density at radius 3 is 2.89 bits per heavy atom. The summed E-state index contributed by atoms with van der Waals surface area (Å²) in [6.07, 6.45) is 1.93. The molecule has 1 atom stereocenters. The standard InChI is InChI=1S/C11H16N2O5S/c1-12-19(15,16)10-5-4-9(18-10)11(14)13-7-8-3-2-6-17-8/h4-5,8,12H,2-3,6-7H2,1H3,(H,13,14)/t8-/m1/s1. The smallest absolute Gasteiger partial charge is 0.287 e. The lowest BCUT2D eigenvalue weighted by Crippen LogP contribution is -2.31. The molecule has 1 aliphatic rings. The molecular formula is C11H16N2O5S. The van der Waals surface area contributed by atoms with Gasteiger partial charge in [0.05, 0.1) is 6.10 Å². The first-order valence-corrected chi connectivity index (χ1v) is 7.44. The van der Waals surface area contributed by atoms with Crippen molar-refractivity contribution in [3.05, 3.63) is 17.9 Å². The molecule has 0 aromatic carbocycles. The van der Waals surface area contributed by atoms with E-state index in [0.29, 0.717) is 13.2 Å². The molecule has 2 heterocycles. The van der Waals surface area contributed by atoms with E-state index in [1.54, 1.807) is 0 Å². The van der Waals surface area contributed by atoms with E-state index >= 15 is 0 Å². The highest BCUT2D eigenvalue weighted by Gasteiger charge is 2.21. The monoisotopic (exact) mass is 288 g/mol. The number of carbonyl (C=O) groups excluding carboxylic acids is 1. The Morgan fingerprint density at radius 2 is 2.26 bits per heavy atom. The third-order valence-electron chi connectivity index (χ3n) is 2.85. The van der Waals surface area contributed by atoms with Crippen molar-refractivity contribution in [1.82, 2.24) is 10.0 Å². The Labute approximate surface area is 111 Å². The van der Waals surface area contributed by atoms with E-state index in [9.17, 15) is 13.2 Å². The highest BCUT2D eigenvalue weighted by molar-refractivity contribution is 7.89. The Morgan fingerprint density at radius 1 is 1.47 bits per heavy atom. The quantitative estimate of drug-likeness (QED) is 0.800. The zero-order valence-electron chi connectivity index (χ0n) is 10.5. The molecule has 0 unspecified atom stereocenters. The minimum Gasteiger partial charge on any atom is -0.438 e. The minimum absolute atomic E-state index is 0.0272. The highest BCUT2D eigenvalue weighted by atomic mass is 32.2. The van der Waals surface area contributed by atoms with E-state index in [1.807, 2.05) is 0 Å². The highest BCUT2D eigenvalue weighted by Crippen LogP contribution is 2.14. The molecule has 2 rings (SSSR count). The van der Waals surface area contributed by atoms with Gasteiger partial charge in [-0.3, -0.25) is 4.79 Å². The van der Waals surface area contributed by atoms with Gasteiger partial charge in [0, 0.05) is 13.2 Å². The summed E-state index contributed by atoms with van der Waals surface area (Å²) in [7, 11) is -2.39. The molecule has 1 aliphatic heterocycles. The maximum atomic E-state index is 11.8. The number of carbonyl (C=O) groups is 1. The van der Waals surface area contributed by atoms with Gasteiger partial charge in [-0.1, -0.05) is 0 Å². The van der Waals surface area contributed by atoms with Gasteiger partial charge in [0.25, 0.3) is 15.9 Å². The molecule has 19 heavy (non-hydrogen) atoms. The first-order chi connectivity index (χ1) is 9.03. The molecule has 0 radical (unpaired) electrons. The average molecular weight is 288 g/mol. The van der Waals surface area contributed by atoms with Gasteiger partial charge in [0.1, 0.15) is 0 Å². The summed E-state index contributed by atoms with van der Waals surface area (Å²) >= 11 is 0. The van der Waals surface area contributed by atoms with Crippen LogP contribution >= 0.6 is 0 Å². The zero-order valence-corrected chi connectivity index (χ0v) is 11.3. The molecule has 8 heteroatoms. The second kappa shape index (κ2) is 5.72. The van der Waals surface area contributed by atoms with Crippen LogP contribution in [-0.4, -0.2) is 40.6 Å². The van der Waals surface area contributed by atoms with Gasteiger partial charge in [0.15, 0.2) is 5.76 Å². The predicted octanol–water partition coefficient (Wildman–Crippen LogP) is 0.0965. The molecule has 1 aromatic rings. The maximum absolute atomic E-state index is 11.8. The van der Waals surface area contributed by atoms with Crippen molar-refractivity contribution in [3.63, 3.8) is 0 Å². The lowest BCUT2D eigenvalue weighted by Gasteiger charge is -2.09. The predicted molar refractivity (Wildman–Crippen MR) is 66.3 cm³/mol. The van der Waals surface area contributed by atoms with Crippen LogP contribution in [0.1, 0.15) is 23.4 Å². The molecule has 0 aliphatic carbocycles. The van der Waals surface area contributed by atoms with Crippen molar-refractivity contribution >= 4 is 15.9 Å². The Balaban J connectivity index is 1.96. The summed E-state index contributed by atoms with van der Waals surface area (Å²) in [5, 5.41) is 2.37. The zero-order chi connectivity index (χ0) is 13.9. The van der Waals surface area contributed by atoms with E-state index in [1.165, 1.54) is 19.2 Å². The molecule has 0 spiro atoms. The van der Waals surface area contributed by atoms with Crippen molar-refractivity contribution < 1.29 is 22.4 Å². The van der Waals surface area contributed by atoms with E-state index in [2.05, 4.69) is 10.0 Å². The average Bonchev–Trinajstić information content (AvgIpc) is 3.07. The fraction of sp³-hybridized carbons (Fsp3) is 0.545. The Hall–Kier alpha value is -1.38. The fourth-order valence-electron chi connectivity index (χ4n) is 1.79. The van der Waals surface area contributed by atoms with Crippen molar-refractivity contribution in [2.24, 2.45) is 0 Å². The van der Waals surface area contributed by atoms with Crippen LogP contribution in [-0.2, 0) is 14.8 Å². The van der Waals surface area contributed by atoms with Gasteiger partial charge in [0.2, 0.25) is 5.09 Å². The van der Waals surface area contributed by atoms with Crippen LogP contribution in [0, 0.1) is 0 Å². The topological polar surface area (TPSA) is 97.6 Å². The van der Waals surface area contributed by atoms with Crippen LogP contribution in [0.2, 0.25) is 0 Å². The maximum Gasteiger partial charge on any atom is 0.287 e. The summed E-state index contributed by atoms with van der Waals surface area (Å²) < 4.78 is 35.4. The van der Waals surface area contributed by atoms with Crippen LogP contribution in [0.25, 0.3) is 0 Å². The van der Waals surface area contributed by atoms with Gasteiger partial charge in [-0.05, 0) is 32.0 Å². The second-order valence-corrected chi connectivity index (χ2v) is 5.99.